The Morgan fingerprint density at radius 3 is 2.55 bits per heavy atom. The fourth-order valence-corrected chi connectivity index (χ4v) is 1.98. The van der Waals surface area contributed by atoms with Crippen LogP contribution in [0.3, 0.4) is 0 Å². The maximum atomic E-state index is 12.3. The summed E-state index contributed by atoms with van der Waals surface area (Å²) in [5.41, 5.74) is 0.754. The zero-order chi connectivity index (χ0) is 15.2. The standard InChI is InChI=1S/C13H17ClF3NO2/c14-11-3-1-2-10(6-11)7-18(8-12(20)9-19)5-4-13(15,16)17/h1-3,6,12,19-20H,4-5,7-9H2/t12-/m0/s1. The molecule has 0 aliphatic heterocycles. The van der Waals surface area contributed by atoms with Gasteiger partial charge in [0.2, 0.25) is 0 Å². The summed E-state index contributed by atoms with van der Waals surface area (Å²) in [5, 5.41) is 18.7. The van der Waals surface area contributed by atoms with Gasteiger partial charge in [-0.25, -0.2) is 0 Å². The van der Waals surface area contributed by atoms with Crippen LogP contribution in [0.1, 0.15) is 12.0 Å². The van der Waals surface area contributed by atoms with Gasteiger partial charge < -0.3 is 10.2 Å². The van der Waals surface area contributed by atoms with Crippen molar-refractivity contribution in [3.63, 3.8) is 0 Å². The fourth-order valence-electron chi connectivity index (χ4n) is 1.77. The van der Waals surface area contributed by atoms with Crippen LogP contribution < -0.4 is 0 Å². The minimum atomic E-state index is -4.25. The monoisotopic (exact) mass is 311 g/mol. The number of alkyl halides is 3. The lowest BCUT2D eigenvalue weighted by Gasteiger charge is -2.25. The first-order chi connectivity index (χ1) is 9.30. The molecule has 0 unspecified atom stereocenters. The highest BCUT2D eigenvalue weighted by Crippen LogP contribution is 2.21. The number of aliphatic hydroxyl groups is 2. The molecule has 0 aliphatic carbocycles. The third kappa shape index (κ3) is 7.09. The van der Waals surface area contributed by atoms with Crippen molar-refractivity contribution in [1.82, 2.24) is 4.90 Å². The molecule has 20 heavy (non-hydrogen) atoms. The number of benzene rings is 1. The summed E-state index contributed by atoms with van der Waals surface area (Å²) in [4.78, 5) is 1.44. The summed E-state index contributed by atoms with van der Waals surface area (Å²) in [5.74, 6) is 0. The van der Waals surface area contributed by atoms with Crippen molar-refractivity contribution in [2.24, 2.45) is 0 Å². The molecule has 0 saturated heterocycles. The molecule has 0 saturated carbocycles. The first-order valence-electron chi connectivity index (χ1n) is 6.12. The van der Waals surface area contributed by atoms with E-state index in [4.69, 9.17) is 16.7 Å². The highest BCUT2D eigenvalue weighted by Gasteiger charge is 2.28. The van der Waals surface area contributed by atoms with Crippen molar-refractivity contribution in [3.8, 4) is 0 Å². The van der Waals surface area contributed by atoms with E-state index in [1.54, 1.807) is 24.3 Å². The number of nitrogens with zero attached hydrogens (tertiary/aromatic N) is 1. The van der Waals surface area contributed by atoms with E-state index in [1.165, 1.54) is 4.90 Å². The van der Waals surface area contributed by atoms with Crippen molar-refractivity contribution in [2.45, 2.75) is 25.2 Å². The molecule has 0 bridgehead atoms. The molecule has 1 atom stereocenters. The topological polar surface area (TPSA) is 43.7 Å². The van der Waals surface area contributed by atoms with Crippen molar-refractivity contribution < 1.29 is 23.4 Å². The normalized spacial score (nSPS) is 13.8. The van der Waals surface area contributed by atoms with E-state index in [2.05, 4.69) is 0 Å². The maximum Gasteiger partial charge on any atom is 0.390 e. The van der Waals surface area contributed by atoms with E-state index >= 15 is 0 Å². The molecular formula is C13H17ClF3NO2. The van der Waals surface area contributed by atoms with Gasteiger partial charge in [0.05, 0.1) is 19.1 Å². The second kappa shape index (κ2) is 7.83. The van der Waals surface area contributed by atoms with Gasteiger partial charge in [0.15, 0.2) is 0 Å². The van der Waals surface area contributed by atoms with Gasteiger partial charge in [-0.3, -0.25) is 4.90 Å². The van der Waals surface area contributed by atoms with Gasteiger partial charge in [-0.1, -0.05) is 23.7 Å². The van der Waals surface area contributed by atoms with Crippen LogP contribution in [0.5, 0.6) is 0 Å². The third-order valence-electron chi connectivity index (χ3n) is 2.69. The Balaban J connectivity index is 2.66. The smallest absolute Gasteiger partial charge is 0.390 e. The quantitative estimate of drug-likeness (QED) is 0.813. The Morgan fingerprint density at radius 1 is 1.30 bits per heavy atom. The highest BCUT2D eigenvalue weighted by atomic mass is 35.5. The molecule has 3 nitrogen and oxygen atoms in total. The van der Waals surface area contributed by atoms with E-state index in [1.807, 2.05) is 0 Å². The van der Waals surface area contributed by atoms with Gasteiger partial charge in [-0.15, -0.1) is 0 Å². The first-order valence-corrected chi connectivity index (χ1v) is 6.50. The summed E-state index contributed by atoms with van der Waals surface area (Å²) in [6.07, 6.45) is -6.29. The molecule has 1 rings (SSSR count). The lowest BCUT2D eigenvalue weighted by Crippen LogP contribution is -2.36. The van der Waals surface area contributed by atoms with Crippen LogP contribution in [0.2, 0.25) is 5.02 Å². The van der Waals surface area contributed by atoms with E-state index in [-0.39, 0.29) is 19.6 Å². The van der Waals surface area contributed by atoms with Gasteiger partial charge in [0.1, 0.15) is 0 Å². The van der Waals surface area contributed by atoms with Crippen molar-refractivity contribution >= 4 is 11.6 Å². The Morgan fingerprint density at radius 2 is 2.00 bits per heavy atom. The van der Waals surface area contributed by atoms with Crippen LogP contribution in [0, 0.1) is 0 Å². The third-order valence-corrected chi connectivity index (χ3v) is 2.92. The van der Waals surface area contributed by atoms with Gasteiger partial charge in [0, 0.05) is 24.7 Å². The second-order valence-electron chi connectivity index (χ2n) is 4.57. The molecule has 1 aromatic carbocycles. The molecule has 0 aromatic heterocycles. The Kier molecular flexibility index (Phi) is 6.75. The molecule has 0 fully saturated rings. The van der Waals surface area contributed by atoms with Crippen molar-refractivity contribution in [2.75, 3.05) is 19.7 Å². The average Bonchev–Trinajstić information content (AvgIpc) is 2.35. The molecule has 114 valence electrons. The average molecular weight is 312 g/mol. The summed E-state index contributed by atoms with van der Waals surface area (Å²) < 4.78 is 36.8. The van der Waals surface area contributed by atoms with Crippen molar-refractivity contribution in [1.29, 1.82) is 0 Å². The summed E-state index contributed by atoms with van der Waals surface area (Å²) in [6, 6.07) is 6.79. The Hall–Kier alpha value is -0.820. The number of hydrogen-bond donors (Lipinski definition) is 2. The van der Waals surface area contributed by atoms with Crippen LogP contribution in [0.15, 0.2) is 24.3 Å². The zero-order valence-corrected chi connectivity index (χ0v) is 11.5. The summed E-state index contributed by atoms with van der Waals surface area (Å²) in [7, 11) is 0. The van der Waals surface area contributed by atoms with E-state index in [9.17, 15) is 18.3 Å². The lowest BCUT2D eigenvalue weighted by molar-refractivity contribution is -0.139. The van der Waals surface area contributed by atoms with Crippen molar-refractivity contribution in [3.05, 3.63) is 34.9 Å². The first kappa shape index (κ1) is 17.2. The molecule has 0 spiro atoms. The Bertz CT molecular complexity index is 415. The Labute approximate surface area is 120 Å². The molecule has 0 radical (unpaired) electrons. The number of hydrogen-bond acceptors (Lipinski definition) is 3. The number of halogens is 4. The molecular weight excluding hydrogens is 295 g/mol. The second-order valence-corrected chi connectivity index (χ2v) is 5.00. The van der Waals surface area contributed by atoms with E-state index in [0.717, 1.165) is 5.56 Å². The molecule has 0 amide bonds. The summed E-state index contributed by atoms with van der Waals surface area (Å²) >= 11 is 5.82. The SMILES string of the molecule is OC[C@@H](O)CN(CCC(F)(F)F)Cc1cccc(Cl)c1. The molecule has 2 N–H and O–H groups in total. The number of aliphatic hydroxyl groups excluding tert-OH is 2. The highest BCUT2D eigenvalue weighted by molar-refractivity contribution is 6.30. The van der Waals surface area contributed by atoms with Crippen LogP contribution in [0.4, 0.5) is 13.2 Å². The minimum Gasteiger partial charge on any atom is -0.394 e. The predicted octanol–water partition coefficient (Wildman–Crippen LogP) is 2.45. The van der Waals surface area contributed by atoms with Crippen LogP contribution in [0.25, 0.3) is 0 Å². The van der Waals surface area contributed by atoms with Gasteiger partial charge >= 0.3 is 6.18 Å². The largest absolute Gasteiger partial charge is 0.394 e. The predicted molar refractivity (Wildman–Crippen MR) is 70.5 cm³/mol. The van der Waals surface area contributed by atoms with Gasteiger partial charge in [-0.2, -0.15) is 13.2 Å². The van der Waals surface area contributed by atoms with Crippen LogP contribution in [-0.4, -0.2) is 47.1 Å². The minimum absolute atomic E-state index is 0.0287. The molecule has 1 aromatic rings. The molecule has 7 heteroatoms. The van der Waals surface area contributed by atoms with Crippen LogP contribution in [-0.2, 0) is 6.54 Å². The molecule has 0 aliphatic rings. The zero-order valence-electron chi connectivity index (χ0n) is 10.8. The summed E-state index contributed by atoms with van der Waals surface area (Å²) in [6.45, 7) is -0.530. The van der Waals surface area contributed by atoms with Gasteiger partial charge in [-0.05, 0) is 17.7 Å². The maximum absolute atomic E-state index is 12.3. The number of rotatable bonds is 7. The van der Waals surface area contributed by atoms with Gasteiger partial charge in [0.25, 0.3) is 0 Å². The molecule has 0 heterocycles. The van der Waals surface area contributed by atoms with Crippen LogP contribution >= 0.6 is 11.6 Å². The fraction of sp³-hybridized carbons (Fsp3) is 0.538. The van der Waals surface area contributed by atoms with E-state index in [0.29, 0.717) is 5.02 Å². The lowest BCUT2D eigenvalue weighted by atomic mass is 10.2. The van der Waals surface area contributed by atoms with E-state index < -0.39 is 25.3 Å².